The summed E-state index contributed by atoms with van der Waals surface area (Å²) in [5, 5.41) is 15.7. The molecule has 0 atom stereocenters. The van der Waals surface area contributed by atoms with E-state index in [9.17, 15) is 0 Å². The van der Waals surface area contributed by atoms with Gasteiger partial charge in [0, 0.05) is 22.9 Å². The number of hydrogen-bond acceptors (Lipinski definition) is 3. The van der Waals surface area contributed by atoms with Crippen LogP contribution in [0.4, 0.5) is 0 Å². The minimum atomic E-state index is 0.853. The van der Waals surface area contributed by atoms with E-state index in [4.69, 9.17) is 0 Å². The van der Waals surface area contributed by atoms with Crippen molar-refractivity contribution in [3.05, 3.63) is 79.0 Å². The molecule has 4 heteroatoms. The highest BCUT2D eigenvalue weighted by Crippen LogP contribution is 2.24. The molecule has 0 aliphatic rings. The van der Waals surface area contributed by atoms with Crippen LogP contribution in [0.15, 0.2) is 79.0 Å². The van der Waals surface area contributed by atoms with Crippen LogP contribution in [0, 0.1) is 0 Å². The van der Waals surface area contributed by atoms with E-state index in [1.54, 1.807) is 6.20 Å². The van der Waals surface area contributed by atoms with Gasteiger partial charge in [-0.25, -0.2) is 0 Å². The van der Waals surface area contributed by atoms with Crippen molar-refractivity contribution in [1.82, 2.24) is 20.4 Å². The summed E-state index contributed by atoms with van der Waals surface area (Å²) < 4.78 is 0. The minimum absolute atomic E-state index is 0.853. The number of aromatic nitrogens is 4. The highest BCUT2D eigenvalue weighted by molar-refractivity contribution is 5.70. The fourth-order valence-corrected chi connectivity index (χ4v) is 2.51. The molecule has 0 spiro atoms. The fourth-order valence-electron chi connectivity index (χ4n) is 2.51. The van der Waals surface area contributed by atoms with Crippen molar-refractivity contribution >= 4 is 0 Å². The standard InChI is InChI=1S/C19H14N4/c1-2-5-14(6-3-1)17-9-10-18(23-22-17)15-7-4-8-16(13-15)19-11-12-20-21-19/h1-13H,(H,20,21). The third-order valence-corrected chi connectivity index (χ3v) is 3.70. The third-order valence-electron chi connectivity index (χ3n) is 3.70. The summed E-state index contributed by atoms with van der Waals surface area (Å²) in [4.78, 5) is 0. The molecule has 4 rings (SSSR count). The quantitative estimate of drug-likeness (QED) is 0.616. The highest BCUT2D eigenvalue weighted by Gasteiger charge is 2.05. The lowest BCUT2D eigenvalue weighted by Gasteiger charge is -2.04. The molecule has 0 saturated heterocycles. The molecule has 110 valence electrons. The Morgan fingerprint density at radius 1 is 0.609 bits per heavy atom. The van der Waals surface area contributed by atoms with E-state index >= 15 is 0 Å². The Kier molecular flexibility index (Phi) is 3.41. The molecule has 0 amide bonds. The van der Waals surface area contributed by atoms with Gasteiger partial charge in [-0.1, -0.05) is 48.5 Å². The van der Waals surface area contributed by atoms with Crippen LogP contribution < -0.4 is 0 Å². The molecule has 0 unspecified atom stereocenters. The Morgan fingerprint density at radius 3 is 2.00 bits per heavy atom. The summed E-state index contributed by atoms with van der Waals surface area (Å²) in [5.41, 5.74) is 5.89. The van der Waals surface area contributed by atoms with Gasteiger partial charge in [0.1, 0.15) is 0 Å². The molecular weight excluding hydrogens is 284 g/mol. The number of nitrogens with zero attached hydrogens (tertiary/aromatic N) is 3. The molecule has 4 nitrogen and oxygen atoms in total. The first-order valence-corrected chi connectivity index (χ1v) is 7.39. The van der Waals surface area contributed by atoms with E-state index in [0.29, 0.717) is 0 Å². The van der Waals surface area contributed by atoms with Crippen molar-refractivity contribution in [2.45, 2.75) is 0 Å². The van der Waals surface area contributed by atoms with Gasteiger partial charge in [-0.05, 0) is 24.3 Å². The van der Waals surface area contributed by atoms with E-state index in [1.165, 1.54) is 0 Å². The molecule has 4 aromatic rings. The summed E-state index contributed by atoms with van der Waals surface area (Å²) in [6, 6.07) is 24.2. The third kappa shape index (κ3) is 2.74. The van der Waals surface area contributed by atoms with Gasteiger partial charge in [0.2, 0.25) is 0 Å². The van der Waals surface area contributed by atoms with Crippen LogP contribution >= 0.6 is 0 Å². The maximum atomic E-state index is 4.37. The van der Waals surface area contributed by atoms with Gasteiger partial charge in [0.05, 0.1) is 17.1 Å². The molecule has 0 radical (unpaired) electrons. The van der Waals surface area contributed by atoms with Crippen LogP contribution in [-0.2, 0) is 0 Å². The monoisotopic (exact) mass is 298 g/mol. The lowest BCUT2D eigenvalue weighted by atomic mass is 10.1. The van der Waals surface area contributed by atoms with Crippen LogP contribution in [0.5, 0.6) is 0 Å². The molecule has 0 fully saturated rings. The fraction of sp³-hybridized carbons (Fsp3) is 0. The maximum absolute atomic E-state index is 4.37. The van der Waals surface area contributed by atoms with Crippen LogP contribution in [0.1, 0.15) is 0 Å². The number of rotatable bonds is 3. The van der Waals surface area contributed by atoms with Crippen molar-refractivity contribution in [2.24, 2.45) is 0 Å². The van der Waals surface area contributed by atoms with Crippen molar-refractivity contribution < 1.29 is 0 Å². The van der Waals surface area contributed by atoms with E-state index in [1.807, 2.05) is 66.7 Å². The van der Waals surface area contributed by atoms with Crippen LogP contribution in [0.25, 0.3) is 33.8 Å². The first-order valence-electron chi connectivity index (χ1n) is 7.39. The second-order valence-corrected chi connectivity index (χ2v) is 5.22. The minimum Gasteiger partial charge on any atom is -0.278 e. The van der Waals surface area contributed by atoms with Gasteiger partial charge in [0.25, 0.3) is 0 Å². The molecule has 0 aliphatic heterocycles. The first kappa shape index (κ1) is 13.4. The highest BCUT2D eigenvalue weighted by atomic mass is 15.1. The molecule has 0 bridgehead atoms. The van der Waals surface area contributed by atoms with Crippen molar-refractivity contribution in [1.29, 1.82) is 0 Å². The summed E-state index contributed by atoms with van der Waals surface area (Å²) in [6.45, 7) is 0. The summed E-state index contributed by atoms with van der Waals surface area (Å²) in [6.07, 6.45) is 1.75. The van der Waals surface area contributed by atoms with Crippen molar-refractivity contribution in [3.8, 4) is 33.8 Å². The second kappa shape index (κ2) is 5.85. The first-order chi connectivity index (χ1) is 11.4. The van der Waals surface area contributed by atoms with Gasteiger partial charge in [-0.3, -0.25) is 5.10 Å². The average molecular weight is 298 g/mol. The topological polar surface area (TPSA) is 54.5 Å². The molecule has 0 aliphatic carbocycles. The Balaban J connectivity index is 1.68. The number of hydrogen-bond donors (Lipinski definition) is 1. The zero-order valence-electron chi connectivity index (χ0n) is 12.3. The predicted molar refractivity (Wildman–Crippen MR) is 90.5 cm³/mol. The molecule has 1 N–H and O–H groups in total. The van der Waals surface area contributed by atoms with Gasteiger partial charge >= 0.3 is 0 Å². The molecule has 2 aromatic carbocycles. The maximum Gasteiger partial charge on any atom is 0.0930 e. The Morgan fingerprint density at radius 2 is 1.30 bits per heavy atom. The summed E-state index contributed by atoms with van der Waals surface area (Å²) in [5.74, 6) is 0. The number of aromatic amines is 1. The number of H-pyrrole nitrogens is 1. The predicted octanol–water partition coefficient (Wildman–Crippen LogP) is 4.20. The smallest absolute Gasteiger partial charge is 0.0930 e. The largest absolute Gasteiger partial charge is 0.278 e. The Hall–Kier alpha value is -3.27. The molecule has 2 heterocycles. The van der Waals surface area contributed by atoms with E-state index < -0.39 is 0 Å². The average Bonchev–Trinajstić information content (AvgIpc) is 3.18. The van der Waals surface area contributed by atoms with Crippen LogP contribution in [0.3, 0.4) is 0 Å². The normalized spacial score (nSPS) is 10.6. The number of nitrogens with one attached hydrogen (secondary N) is 1. The summed E-state index contributed by atoms with van der Waals surface area (Å²) >= 11 is 0. The van der Waals surface area contributed by atoms with E-state index in [2.05, 4.69) is 26.5 Å². The van der Waals surface area contributed by atoms with Gasteiger partial charge in [-0.15, -0.1) is 10.2 Å². The second-order valence-electron chi connectivity index (χ2n) is 5.22. The zero-order valence-corrected chi connectivity index (χ0v) is 12.3. The zero-order chi connectivity index (χ0) is 15.5. The number of benzene rings is 2. The van der Waals surface area contributed by atoms with Crippen molar-refractivity contribution in [3.63, 3.8) is 0 Å². The Labute approximate surface area is 133 Å². The van der Waals surface area contributed by atoms with Gasteiger partial charge in [0.15, 0.2) is 0 Å². The van der Waals surface area contributed by atoms with E-state index in [0.717, 1.165) is 33.8 Å². The molecule has 0 saturated carbocycles. The molecular formula is C19H14N4. The lowest BCUT2D eigenvalue weighted by molar-refractivity contribution is 1.04. The van der Waals surface area contributed by atoms with Gasteiger partial charge < -0.3 is 0 Å². The molecule has 23 heavy (non-hydrogen) atoms. The van der Waals surface area contributed by atoms with Crippen LogP contribution in [0.2, 0.25) is 0 Å². The van der Waals surface area contributed by atoms with Gasteiger partial charge in [-0.2, -0.15) is 5.10 Å². The van der Waals surface area contributed by atoms with E-state index in [-0.39, 0.29) is 0 Å². The molecule has 2 aromatic heterocycles. The van der Waals surface area contributed by atoms with Crippen LogP contribution in [-0.4, -0.2) is 20.4 Å². The lowest BCUT2D eigenvalue weighted by Crippen LogP contribution is -1.91. The summed E-state index contributed by atoms with van der Waals surface area (Å²) in [7, 11) is 0. The van der Waals surface area contributed by atoms with Crippen molar-refractivity contribution in [2.75, 3.05) is 0 Å². The Bertz CT molecular complexity index is 898. The SMILES string of the molecule is c1ccc(-c2ccc(-c3cccc(-c4ccn[nH]4)c3)nn2)cc1.